The van der Waals surface area contributed by atoms with Crippen LogP contribution >= 0.6 is 0 Å². The average Bonchev–Trinajstić information content (AvgIpc) is 3.21. The summed E-state index contributed by atoms with van der Waals surface area (Å²) in [6, 6.07) is 30.6. The maximum absolute atomic E-state index is 10.8. The third-order valence-electron chi connectivity index (χ3n) is 10.2. The maximum Gasteiger partial charge on any atom is 0.118 e. The van der Waals surface area contributed by atoms with Crippen LogP contribution in [0, 0.1) is 5.92 Å². The van der Waals surface area contributed by atoms with Crippen molar-refractivity contribution in [3.63, 3.8) is 0 Å². The molecule has 8 nitrogen and oxygen atoms in total. The molecule has 3 aliphatic rings. The molecule has 6 rings (SSSR count). The van der Waals surface area contributed by atoms with E-state index < -0.39 is 17.8 Å². The number of hydrogen-bond donors (Lipinski definition) is 2. The maximum atomic E-state index is 10.8. The van der Waals surface area contributed by atoms with E-state index in [1.807, 2.05) is 54.6 Å². The normalized spacial score (nSPS) is 33.9. The SMILES string of the molecule is C[C@@H]1C[C@H](O)[C@@H](CO)O[C@H]2C[C@H]3O[C@@H](CCOCc4ccccc4)[C@H](OCc4ccccc4)C[C@@H](OCc4ccccc4)[C@]3(C)O[C@@H]2C1. The van der Waals surface area contributed by atoms with Crippen molar-refractivity contribution in [1.29, 1.82) is 0 Å². The van der Waals surface area contributed by atoms with Gasteiger partial charge in [-0.2, -0.15) is 0 Å². The van der Waals surface area contributed by atoms with Gasteiger partial charge in [-0.25, -0.2) is 0 Å². The topological polar surface area (TPSA) is 95.8 Å². The van der Waals surface area contributed by atoms with Crippen LogP contribution in [0.5, 0.6) is 0 Å². The van der Waals surface area contributed by atoms with Gasteiger partial charge in [-0.1, -0.05) is 97.9 Å². The van der Waals surface area contributed by atoms with Crippen molar-refractivity contribution < 1.29 is 38.6 Å². The summed E-state index contributed by atoms with van der Waals surface area (Å²) in [6.45, 7) is 5.91. The number of rotatable bonds is 12. The van der Waals surface area contributed by atoms with Gasteiger partial charge in [0, 0.05) is 19.4 Å². The van der Waals surface area contributed by atoms with Crippen molar-refractivity contribution in [2.75, 3.05) is 13.2 Å². The van der Waals surface area contributed by atoms with Crippen molar-refractivity contribution in [2.24, 2.45) is 5.92 Å². The zero-order valence-electron chi connectivity index (χ0n) is 28.3. The first-order valence-corrected chi connectivity index (χ1v) is 17.6. The number of fused-ring (bicyclic) bond motifs is 2. The predicted octanol–water partition coefficient (Wildman–Crippen LogP) is 6.01. The van der Waals surface area contributed by atoms with Gasteiger partial charge in [0.05, 0.1) is 69.2 Å². The van der Waals surface area contributed by atoms with E-state index in [-0.39, 0.29) is 49.1 Å². The molecule has 8 heteroatoms. The van der Waals surface area contributed by atoms with E-state index in [9.17, 15) is 10.2 Å². The molecule has 0 aliphatic carbocycles. The first-order valence-electron chi connectivity index (χ1n) is 17.6. The van der Waals surface area contributed by atoms with Gasteiger partial charge in [-0.15, -0.1) is 0 Å². The van der Waals surface area contributed by atoms with Gasteiger partial charge in [0.1, 0.15) is 11.7 Å². The smallest absolute Gasteiger partial charge is 0.118 e. The molecule has 0 bridgehead atoms. The van der Waals surface area contributed by atoms with Gasteiger partial charge in [0.25, 0.3) is 0 Å². The standard InChI is InChI=1S/C40H52O8/c1-28-20-32(42)37(24-41)46-35-23-39-40(2,48-36(35)21-28)38(45-27-31-16-10-5-11-17-31)22-34(44-26-30-14-8-4-9-15-30)33(47-39)18-19-43-25-29-12-6-3-7-13-29/h3-17,28,32-39,41-42H,18-27H2,1-2H3/t28-,32+,33+,34-,35+,36-,37-,38-,39-,40+/m1/s1. The van der Waals surface area contributed by atoms with Gasteiger partial charge in [-0.05, 0) is 48.8 Å². The van der Waals surface area contributed by atoms with E-state index >= 15 is 0 Å². The summed E-state index contributed by atoms with van der Waals surface area (Å²) in [7, 11) is 0. The first-order chi connectivity index (χ1) is 23.4. The minimum Gasteiger partial charge on any atom is -0.394 e. The number of ether oxygens (including phenoxy) is 6. The molecule has 3 aliphatic heterocycles. The molecule has 10 atom stereocenters. The molecular weight excluding hydrogens is 608 g/mol. The van der Waals surface area contributed by atoms with E-state index in [2.05, 4.69) is 50.2 Å². The largest absolute Gasteiger partial charge is 0.394 e. The molecule has 3 aromatic rings. The minimum absolute atomic E-state index is 0.192. The Hall–Kier alpha value is -2.66. The van der Waals surface area contributed by atoms with Crippen LogP contribution in [0.15, 0.2) is 91.0 Å². The molecule has 3 fully saturated rings. The summed E-state index contributed by atoms with van der Waals surface area (Å²) >= 11 is 0. The highest BCUT2D eigenvalue weighted by Gasteiger charge is 2.56. The highest BCUT2D eigenvalue weighted by atomic mass is 16.6. The lowest BCUT2D eigenvalue weighted by Crippen LogP contribution is -2.63. The van der Waals surface area contributed by atoms with Crippen LogP contribution in [-0.4, -0.2) is 77.9 Å². The summed E-state index contributed by atoms with van der Waals surface area (Å²) in [6.07, 6.45) is -0.216. The monoisotopic (exact) mass is 660 g/mol. The highest BCUT2D eigenvalue weighted by Crippen LogP contribution is 2.45. The fourth-order valence-electron chi connectivity index (χ4n) is 7.50. The second kappa shape index (κ2) is 16.8. The van der Waals surface area contributed by atoms with Crippen molar-refractivity contribution in [2.45, 2.75) is 120 Å². The molecule has 0 radical (unpaired) electrons. The van der Waals surface area contributed by atoms with Crippen LogP contribution < -0.4 is 0 Å². The van der Waals surface area contributed by atoms with Gasteiger partial charge < -0.3 is 38.6 Å². The minimum atomic E-state index is -0.792. The molecular formula is C40H52O8. The van der Waals surface area contributed by atoms with Crippen LogP contribution in [0.3, 0.4) is 0 Å². The number of aliphatic hydroxyl groups excluding tert-OH is 2. The van der Waals surface area contributed by atoms with Gasteiger partial charge in [0.2, 0.25) is 0 Å². The van der Waals surface area contributed by atoms with Crippen molar-refractivity contribution >= 4 is 0 Å². The fraction of sp³-hybridized carbons (Fsp3) is 0.550. The molecule has 0 saturated carbocycles. The molecule has 3 heterocycles. The van der Waals surface area contributed by atoms with Crippen LogP contribution in [-0.2, 0) is 48.2 Å². The predicted molar refractivity (Wildman–Crippen MR) is 182 cm³/mol. The quantitative estimate of drug-likeness (QED) is 0.228. The number of hydrogen-bond acceptors (Lipinski definition) is 8. The van der Waals surface area contributed by atoms with E-state index in [1.165, 1.54) is 0 Å². The molecule has 260 valence electrons. The molecule has 0 amide bonds. The van der Waals surface area contributed by atoms with Crippen molar-refractivity contribution in [3.8, 4) is 0 Å². The lowest BCUT2D eigenvalue weighted by molar-refractivity contribution is -0.291. The van der Waals surface area contributed by atoms with Gasteiger partial charge in [0.15, 0.2) is 0 Å². The molecule has 0 spiro atoms. The average molecular weight is 661 g/mol. The summed E-state index contributed by atoms with van der Waals surface area (Å²) in [5.41, 5.74) is 2.52. The Labute approximate surface area is 285 Å². The second-order valence-electron chi connectivity index (χ2n) is 14.0. The number of aliphatic hydroxyl groups is 2. The molecule has 3 aromatic carbocycles. The van der Waals surface area contributed by atoms with Crippen molar-refractivity contribution in [1.82, 2.24) is 0 Å². The summed E-state index contributed by atoms with van der Waals surface area (Å²) in [4.78, 5) is 0. The zero-order valence-corrected chi connectivity index (χ0v) is 28.3. The lowest BCUT2D eigenvalue weighted by Gasteiger charge is -2.51. The van der Waals surface area contributed by atoms with Crippen LogP contribution in [0.2, 0.25) is 0 Å². The van der Waals surface area contributed by atoms with E-state index in [4.69, 9.17) is 28.4 Å². The Bertz CT molecular complexity index is 1360. The Morgan fingerprint density at radius 2 is 1.31 bits per heavy atom. The molecule has 3 saturated heterocycles. The molecule has 0 aromatic heterocycles. The van der Waals surface area contributed by atoms with Crippen LogP contribution in [0.25, 0.3) is 0 Å². The molecule has 2 N–H and O–H groups in total. The van der Waals surface area contributed by atoms with Crippen LogP contribution in [0.1, 0.15) is 62.6 Å². The first kappa shape index (κ1) is 35.2. The molecule has 0 unspecified atom stereocenters. The lowest BCUT2D eigenvalue weighted by atomic mass is 9.80. The Morgan fingerprint density at radius 1 is 0.708 bits per heavy atom. The van der Waals surface area contributed by atoms with E-state index in [0.717, 1.165) is 23.1 Å². The second-order valence-corrected chi connectivity index (χ2v) is 14.0. The Kier molecular flexibility index (Phi) is 12.3. The van der Waals surface area contributed by atoms with E-state index in [0.29, 0.717) is 52.1 Å². The zero-order chi connectivity index (χ0) is 33.3. The van der Waals surface area contributed by atoms with Gasteiger partial charge in [-0.3, -0.25) is 0 Å². The Morgan fingerprint density at radius 3 is 1.94 bits per heavy atom. The third kappa shape index (κ3) is 8.92. The number of benzene rings is 3. The Balaban J connectivity index is 1.27. The highest BCUT2D eigenvalue weighted by molar-refractivity contribution is 5.16. The fourth-order valence-corrected chi connectivity index (χ4v) is 7.50. The van der Waals surface area contributed by atoms with E-state index in [1.54, 1.807) is 0 Å². The third-order valence-corrected chi connectivity index (χ3v) is 10.2. The van der Waals surface area contributed by atoms with Crippen molar-refractivity contribution in [3.05, 3.63) is 108 Å². The van der Waals surface area contributed by atoms with Gasteiger partial charge >= 0.3 is 0 Å². The summed E-state index contributed by atoms with van der Waals surface area (Å²) in [5, 5.41) is 20.9. The summed E-state index contributed by atoms with van der Waals surface area (Å²) in [5.74, 6) is 0.192. The summed E-state index contributed by atoms with van der Waals surface area (Å²) < 4.78 is 40.3. The van der Waals surface area contributed by atoms with Crippen LogP contribution in [0.4, 0.5) is 0 Å². The molecule has 48 heavy (non-hydrogen) atoms.